The number of likely N-dealkylation sites (tertiary alicyclic amines) is 1. The van der Waals surface area contributed by atoms with Gasteiger partial charge in [0, 0.05) is 30.9 Å². The third-order valence-corrected chi connectivity index (χ3v) is 7.99. The number of piperidine rings is 1. The summed E-state index contributed by atoms with van der Waals surface area (Å²) in [6.07, 6.45) is 5.81. The number of carboxylic acids is 1. The molecule has 1 amide bonds. The van der Waals surface area contributed by atoms with Crippen LogP contribution < -0.4 is 10.6 Å². The molecular formula is C32H37FN4O3. The Labute approximate surface area is 234 Å². The number of fused-ring (bicyclic) bond motifs is 1. The van der Waals surface area contributed by atoms with Crippen molar-refractivity contribution in [1.82, 2.24) is 15.2 Å². The van der Waals surface area contributed by atoms with Gasteiger partial charge in [0.2, 0.25) is 5.91 Å². The number of rotatable bonds is 10. The second-order valence-electron chi connectivity index (χ2n) is 10.8. The molecule has 2 atom stereocenters. The molecule has 1 fully saturated rings. The fraction of sp³-hybridized carbons (Fsp3) is 0.406. The van der Waals surface area contributed by atoms with Gasteiger partial charge in [-0.25, -0.2) is 9.37 Å². The molecule has 0 aliphatic carbocycles. The second kappa shape index (κ2) is 13.0. The number of carbonyl (C=O) groups is 2. The SMILES string of the molecule is O=C(NC[C@@H](C(=O)O)c1ccc(F)c(-c2ccccc2)c1)[C@@H]1CCCN(CCCc2ccc3c(n2)NCCC3)C1. The number of pyridine rings is 1. The molecule has 5 rings (SSSR count). The van der Waals surface area contributed by atoms with Crippen LogP contribution >= 0.6 is 0 Å². The van der Waals surface area contributed by atoms with E-state index in [0.29, 0.717) is 23.2 Å². The number of aryl methyl sites for hydroxylation is 2. The van der Waals surface area contributed by atoms with E-state index in [2.05, 4.69) is 27.7 Å². The first kappa shape index (κ1) is 27.8. The van der Waals surface area contributed by atoms with Gasteiger partial charge in [-0.1, -0.05) is 42.5 Å². The summed E-state index contributed by atoms with van der Waals surface area (Å²) in [5.41, 5.74) is 3.87. The van der Waals surface area contributed by atoms with E-state index < -0.39 is 17.7 Å². The Kier molecular flexibility index (Phi) is 9.06. The van der Waals surface area contributed by atoms with E-state index in [1.54, 1.807) is 18.2 Å². The molecule has 2 aliphatic heterocycles. The van der Waals surface area contributed by atoms with E-state index in [4.69, 9.17) is 4.98 Å². The van der Waals surface area contributed by atoms with Crippen LogP contribution in [0.25, 0.3) is 11.1 Å². The van der Waals surface area contributed by atoms with Gasteiger partial charge in [0.1, 0.15) is 11.6 Å². The average molecular weight is 545 g/mol. The standard InChI is InChI=1S/C32H37FN4O3/c33-29-15-13-24(19-27(29)22-7-2-1-3-8-22)28(32(39)40)20-35-31(38)25-10-5-17-37(21-25)18-6-11-26-14-12-23-9-4-16-34-30(23)36-26/h1-3,7-8,12-15,19,25,28H,4-6,9-11,16-18,20-21H2,(H,34,36)(H,35,38)(H,39,40)/t25-,28-/m1/s1. The minimum atomic E-state index is -1.05. The fourth-order valence-corrected chi connectivity index (χ4v) is 5.76. The van der Waals surface area contributed by atoms with Gasteiger partial charge in [0.15, 0.2) is 0 Å². The molecule has 210 valence electrons. The quantitative estimate of drug-likeness (QED) is 0.337. The number of anilines is 1. The number of amides is 1. The molecule has 7 nitrogen and oxygen atoms in total. The molecule has 1 saturated heterocycles. The largest absolute Gasteiger partial charge is 0.481 e. The molecule has 0 radical (unpaired) electrons. The molecule has 3 N–H and O–H groups in total. The molecule has 0 bridgehead atoms. The number of carboxylic acid groups (broad SMARTS) is 1. The molecule has 0 spiro atoms. The molecule has 40 heavy (non-hydrogen) atoms. The monoisotopic (exact) mass is 544 g/mol. The predicted molar refractivity (Wildman–Crippen MR) is 154 cm³/mol. The van der Waals surface area contributed by atoms with Crippen molar-refractivity contribution >= 4 is 17.7 Å². The number of nitrogens with zero attached hydrogens (tertiary/aromatic N) is 2. The highest BCUT2D eigenvalue weighted by Crippen LogP contribution is 2.28. The van der Waals surface area contributed by atoms with E-state index in [1.807, 2.05) is 18.2 Å². The number of hydrogen-bond acceptors (Lipinski definition) is 5. The van der Waals surface area contributed by atoms with Crippen LogP contribution in [-0.2, 0) is 22.4 Å². The normalized spacial score (nSPS) is 17.9. The summed E-state index contributed by atoms with van der Waals surface area (Å²) in [5, 5.41) is 16.2. The Morgan fingerprint density at radius 1 is 1.12 bits per heavy atom. The maximum absolute atomic E-state index is 14.5. The van der Waals surface area contributed by atoms with Crippen LogP contribution in [0.5, 0.6) is 0 Å². The molecule has 8 heteroatoms. The van der Waals surface area contributed by atoms with Gasteiger partial charge in [-0.15, -0.1) is 0 Å². The van der Waals surface area contributed by atoms with Gasteiger partial charge in [-0.05, 0) is 86.5 Å². The van der Waals surface area contributed by atoms with Gasteiger partial charge in [-0.3, -0.25) is 9.59 Å². The first-order valence-electron chi connectivity index (χ1n) is 14.3. The smallest absolute Gasteiger partial charge is 0.312 e. The summed E-state index contributed by atoms with van der Waals surface area (Å²) in [6, 6.07) is 17.7. The van der Waals surface area contributed by atoms with E-state index in [-0.39, 0.29) is 18.4 Å². The lowest BCUT2D eigenvalue weighted by molar-refractivity contribution is -0.138. The molecule has 2 aromatic carbocycles. The number of halogens is 1. The van der Waals surface area contributed by atoms with E-state index in [1.165, 1.54) is 17.7 Å². The van der Waals surface area contributed by atoms with Crippen molar-refractivity contribution < 1.29 is 19.1 Å². The van der Waals surface area contributed by atoms with Gasteiger partial charge in [0.05, 0.1) is 11.8 Å². The van der Waals surface area contributed by atoms with Crippen molar-refractivity contribution in [2.45, 2.75) is 44.4 Å². The lowest BCUT2D eigenvalue weighted by Crippen LogP contribution is -2.44. The zero-order valence-corrected chi connectivity index (χ0v) is 22.7. The van der Waals surface area contributed by atoms with Crippen LogP contribution in [0.1, 0.15) is 48.4 Å². The first-order valence-corrected chi connectivity index (χ1v) is 14.3. The Hall–Kier alpha value is -3.78. The summed E-state index contributed by atoms with van der Waals surface area (Å²) in [7, 11) is 0. The van der Waals surface area contributed by atoms with Gasteiger partial charge in [0.25, 0.3) is 0 Å². The highest BCUT2D eigenvalue weighted by Gasteiger charge is 2.28. The third kappa shape index (κ3) is 6.86. The van der Waals surface area contributed by atoms with Crippen LogP contribution in [-0.4, -0.2) is 59.6 Å². The topological polar surface area (TPSA) is 94.6 Å². The molecule has 2 aliphatic rings. The number of aromatic nitrogens is 1. The van der Waals surface area contributed by atoms with E-state index in [0.717, 1.165) is 69.7 Å². The van der Waals surface area contributed by atoms with E-state index in [9.17, 15) is 19.1 Å². The van der Waals surface area contributed by atoms with Crippen molar-refractivity contribution in [2.24, 2.45) is 5.92 Å². The summed E-state index contributed by atoms with van der Waals surface area (Å²) in [6.45, 7) is 3.46. The van der Waals surface area contributed by atoms with Gasteiger partial charge < -0.3 is 20.6 Å². The molecule has 0 saturated carbocycles. The molecular weight excluding hydrogens is 507 g/mol. The van der Waals surface area contributed by atoms with Crippen LogP contribution in [0.3, 0.4) is 0 Å². The highest BCUT2D eigenvalue weighted by molar-refractivity contribution is 5.82. The predicted octanol–water partition coefficient (Wildman–Crippen LogP) is 4.88. The number of benzene rings is 2. The number of carbonyl (C=O) groups excluding carboxylic acids is 1. The highest BCUT2D eigenvalue weighted by atomic mass is 19.1. The van der Waals surface area contributed by atoms with Crippen LogP contribution in [0.2, 0.25) is 0 Å². The Balaban J connectivity index is 1.14. The summed E-state index contributed by atoms with van der Waals surface area (Å²) in [4.78, 5) is 32.3. The number of nitrogens with one attached hydrogen (secondary N) is 2. The number of hydrogen-bond donors (Lipinski definition) is 3. The fourth-order valence-electron chi connectivity index (χ4n) is 5.76. The Morgan fingerprint density at radius 2 is 1.98 bits per heavy atom. The minimum Gasteiger partial charge on any atom is -0.481 e. The lowest BCUT2D eigenvalue weighted by Gasteiger charge is -2.32. The zero-order chi connectivity index (χ0) is 27.9. The molecule has 3 heterocycles. The van der Waals surface area contributed by atoms with Gasteiger partial charge >= 0.3 is 5.97 Å². The van der Waals surface area contributed by atoms with Crippen molar-refractivity contribution in [1.29, 1.82) is 0 Å². The Bertz CT molecular complexity index is 1330. The minimum absolute atomic E-state index is 0.0391. The lowest BCUT2D eigenvalue weighted by atomic mass is 9.93. The Morgan fingerprint density at radius 3 is 2.80 bits per heavy atom. The van der Waals surface area contributed by atoms with E-state index >= 15 is 0 Å². The summed E-state index contributed by atoms with van der Waals surface area (Å²) < 4.78 is 14.5. The van der Waals surface area contributed by atoms with Crippen molar-refractivity contribution in [3.05, 3.63) is 83.3 Å². The van der Waals surface area contributed by atoms with Crippen LogP contribution in [0.4, 0.5) is 10.2 Å². The summed E-state index contributed by atoms with van der Waals surface area (Å²) in [5.74, 6) is -1.71. The second-order valence-corrected chi connectivity index (χ2v) is 10.8. The maximum atomic E-state index is 14.5. The van der Waals surface area contributed by atoms with Crippen LogP contribution in [0, 0.1) is 11.7 Å². The average Bonchev–Trinajstić information content (AvgIpc) is 2.98. The van der Waals surface area contributed by atoms with Gasteiger partial charge in [-0.2, -0.15) is 0 Å². The van der Waals surface area contributed by atoms with Crippen molar-refractivity contribution in [3.63, 3.8) is 0 Å². The first-order chi connectivity index (χ1) is 19.5. The third-order valence-electron chi connectivity index (χ3n) is 7.99. The molecule has 1 aromatic heterocycles. The van der Waals surface area contributed by atoms with Crippen molar-refractivity contribution in [2.75, 3.05) is 38.0 Å². The summed E-state index contributed by atoms with van der Waals surface area (Å²) >= 11 is 0. The maximum Gasteiger partial charge on any atom is 0.312 e. The number of aliphatic carboxylic acids is 1. The van der Waals surface area contributed by atoms with Crippen molar-refractivity contribution in [3.8, 4) is 11.1 Å². The zero-order valence-electron chi connectivity index (χ0n) is 22.7. The van der Waals surface area contributed by atoms with Crippen LogP contribution in [0.15, 0.2) is 60.7 Å². The molecule has 3 aromatic rings. The molecule has 0 unspecified atom stereocenters.